The summed E-state index contributed by atoms with van der Waals surface area (Å²) in [4.78, 5) is 6.06. The fourth-order valence-electron chi connectivity index (χ4n) is 1.76. The molecule has 0 fully saturated rings. The molecule has 0 N–H and O–H groups in total. The normalized spacial score (nSPS) is 10.4. The van der Waals surface area contributed by atoms with Gasteiger partial charge in [-0.3, -0.25) is 4.98 Å². The second-order valence-electron chi connectivity index (χ2n) is 4.28. The lowest BCUT2D eigenvalue weighted by atomic mass is 10.2. The summed E-state index contributed by atoms with van der Waals surface area (Å²) in [7, 11) is 1.99. The van der Waals surface area contributed by atoms with Crippen LogP contribution in [0.4, 0.5) is 5.82 Å². The lowest BCUT2D eigenvalue weighted by molar-refractivity contribution is 0.851. The van der Waals surface area contributed by atoms with E-state index in [1.165, 1.54) is 5.56 Å². The zero-order valence-corrected chi connectivity index (χ0v) is 11.4. The summed E-state index contributed by atoms with van der Waals surface area (Å²) in [6.45, 7) is 4.73. The van der Waals surface area contributed by atoms with Gasteiger partial charge in [-0.15, -0.1) is 10.2 Å². The molecule has 0 aliphatic heterocycles. The predicted octanol–water partition coefficient (Wildman–Crippen LogP) is 2.78. The second-order valence-corrected chi connectivity index (χ2v) is 4.63. The largest absolute Gasteiger partial charge is 0.354 e. The van der Waals surface area contributed by atoms with Crippen LogP contribution in [0.5, 0.6) is 0 Å². The molecule has 2 aromatic heterocycles. The van der Waals surface area contributed by atoms with Crippen LogP contribution in [-0.2, 0) is 6.54 Å². The Hall–Kier alpha value is -1.68. The first kappa shape index (κ1) is 12.8. The molecule has 18 heavy (non-hydrogen) atoms. The number of aromatic nitrogens is 3. The van der Waals surface area contributed by atoms with E-state index in [0.29, 0.717) is 5.15 Å². The van der Waals surface area contributed by atoms with Gasteiger partial charge in [-0.1, -0.05) is 11.6 Å². The van der Waals surface area contributed by atoms with Gasteiger partial charge >= 0.3 is 0 Å². The summed E-state index contributed by atoms with van der Waals surface area (Å²) in [6, 6.07) is 3.98. The van der Waals surface area contributed by atoms with Crippen molar-refractivity contribution >= 4 is 17.4 Å². The van der Waals surface area contributed by atoms with Crippen LogP contribution < -0.4 is 4.90 Å². The van der Waals surface area contributed by atoms with Gasteiger partial charge in [0.05, 0.1) is 0 Å². The zero-order chi connectivity index (χ0) is 13.1. The lowest BCUT2D eigenvalue weighted by Crippen LogP contribution is -2.20. The number of anilines is 1. The van der Waals surface area contributed by atoms with Crippen molar-refractivity contribution in [3.63, 3.8) is 0 Å². The summed E-state index contributed by atoms with van der Waals surface area (Å²) >= 11 is 5.95. The molecule has 4 nitrogen and oxygen atoms in total. The van der Waals surface area contributed by atoms with E-state index in [-0.39, 0.29) is 0 Å². The van der Waals surface area contributed by atoms with Crippen LogP contribution in [0, 0.1) is 13.8 Å². The molecule has 94 valence electrons. The predicted molar refractivity (Wildman–Crippen MR) is 72.9 cm³/mol. The SMILES string of the molecule is Cc1c(Cl)nnc(N(C)Cc2ccncc2)c1C. The maximum absolute atomic E-state index is 5.95. The quantitative estimate of drug-likeness (QED) is 0.853. The molecule has 0 radical (unpaired) electrons. The topological polar surface area (TPSA) is 41.9 Å². The number of nitrogens with zero attached hydrogens (tertiary/aromatic N) is 4. The van der Waals surface area contributed by atoms with Gasteiger partial charge < -0.3 is 4.90 Å². The van der Waals surface area contributed by atoms with E-state index < -0.39 is 0 Å². The average Bonchev–Trinajstić information content (AvgIpc) is 2.37. The van der Waals surface area contributed by atoms with Gasteiger partial charge in [-0.25, -0.2) is 0 Å². The second kappa shape index (κ2) is 5.31. The summed E-state index contributed by atoms with van der Waals surface area (Å²) in [5, 5.41) is 8.59. The third-order valence-electron chi connectivity index (χ3n) is 2.97. The molecule has 0 saturated heterocycles. The molecule has 5 heteroatoms. The minimum Gasteiger partial charge on any atom is -0.354 e. The fraction of sp³-hybridized carbons (Fsp3) is 0.308. The van der Waals surface area contributed by atoms with E-state index in [4.69, 9.17) is 11.6 Å². The highest BCUT2D eigenvalue weighted by Crippen LogP contribution is 2.23. The lowest BCUT2D eigenvalue weighted by Gasteiger charge is -2.20. The van der Waals surface area contributed by atoms with Crippen molar-refractivity contribution in [2.45, 2.75) is 20.4 Å². The highest BCUT2D eigenvalue weighted by atomic mass is 35.5. The van der Waals surface area contributed by atoms with Crippen LogP contribution in [0.3, 0.4) is 0 Å². The molecule has 0 unspecified atom stereocenters. The van der Waals surface area contributed by atoms with Crippen LogP contribution in [0.1, 0.15) is 16.7 Å². The summed E-state index contributed by atoms with van der Waals surface area (Å²) < 4.78 is 0. The zero-order valence-electron chi connectivity index (χ0n) is 10.7. The minimum atomic E-state index is 0.466. The Labute approximate surface area is 112 Å². The summed E-state index contributed by atoms with van der Waals surface area (Å²) in [5.74, 6) is 0.855. The van der Waals surface area contributed by atoms with Crippen molar-refractivity contribution in [3.05, 3.63) is 46.4 Å². The molecule has 0 amide bonds. The van der Waals surface area contributed by atoms with E-state index in [2.05, 4.69) is 20.1 Å². The molecule has 0 saturated carbocycles. The van der Waals surface area contributed by atoms with Crippen LogP contribution in [0.15, 0.2) is 24.5 Å². The van der Waals surface area contributed by atoms with Gasteiger partial charge in [0.2, 0.25) is 0 Å². The van der Waals surface area contributed by atoms with Crippen LogP contribution in [0.2, 0.25) is 5.15 Å². The van der Waals surface area contributed by atoms with Crippen LogP contribution >= 0.6 is 11.6 Å². The molecule has 2 aromatic rings. The molecule has 0 aromatic carbocycles. The molecule has 2 rings (SSSR count). The number of halogens is 1. The Morgan fingerprint density at radius 3 is 2.44 bits per heavy atom. The van der Waals surface area contributed by atoms with Crippen molar-refractivity contribution < 1.29 is 0 Å². The Kier molecular flexibility index (Phi) is 3.77. The van der Waals surface area contributed by atoms with E-state index in [0.717, 1.165) is 23.5 Å². The highest BCUT2D eigenvalue weighted by molar-refractivity contribution is 6.30. The van der Waals surface area contributed by atoms with E-state index in [1.54, 1.807) is 12.4 Å². The third-order valence-corrected chi connectivity index (χ3v) is 3.33. The van der Waals surface area contributed by atoms with Gasteiger partial charge in [-0.05, 0) is 42.7 Å². The smallest absolute Gasteiger partial charge is 0.155 e. The number of rotatable bonds is 3. The number of hydrogen-bond donors (Lipinski definition) is 0. The van der Waals surface area contributed by atoms with Gasteiger partial charge in [0, 0.05) is 26.0 Å². The van der Waals surface area contributed by atoms with Gasteiger partial charge in [-0.2, -0.15) is 0 Å². The van der Waals surface area contributed by atoms with Gasteiger partial charge in [0.15, 0.2) is 11.0 Å². The number of pyridine rings is 1. The van der Waals surface area contributed by atoms with Crippen molar-refractivity contribution in [2.24, 2.45) is 0 Å². The Morgan fingerprint density at radius 1 is 1.11 bits per heavy atom. The maximum Gasteiger partial charge on any atom is 0.155 e. The van der Waals surface area contributed by atoms with Crippen LogP contribution in [0.25, 0.3) is 0 Å². The van der Waals surface area contributed by atoms with E-state index in [1.807, 2.05) is 33.0 Å². The Morgan fingerprint density at radius 2 is 1.78 bits per heavy atom. The van der Waals surface area contributed by atoms with Gasteiger partial charge in [0.25, 0.3) is 0 Å². The third kappa shape index (κ3) is 2.59. The standard InChI is InChI=1S/C13H15ClN4/c1-9-10(2)13(17-16-12(9)14)18(3)8-11-4-6-15-7-5-11/h4-7H,8H2,1-3H3. The first-order valence-corrected chi connectivity index (χ1v) is 6.07. The first-order chi connectivity index (χ1) is 8.59. The Bertz CT molecular complexity index is 542. The van der Waals surface area contributed by atoms with Gasteiger partial charge in [0.1, 0.15) is 0 Å². The summed E-state index contributed by atoms with van der Waals surface area (Å²) in [5.41, 5.74) is 3.22. The Balaban J connectivity index is 2.24. The van der Waals surface area contributed by atoms with E-state index >= 15 is 0 Å². The highest BCUT2D eigenvalue weighted by Gasteiger charge is 2.12. The summed E-state index contributed by atoms with van der Waals surface area (Å²) in [6.07, 6.45) is 3.57. The molecule has 0 aliphatic carbocycles. The van der Waals surface area contributed by atoms with Crippen molar-refractivity contribution in [1.82, 2.24) is 15.2 Å². The van der Waals surface area contributed by atoms with Crippen LogP contribution in [-0.4, -0.2) is 22.2 Å². The molecule has 0 atom stereocenters. The van der Waals surface area contributed by atoms with Crippen molar-refractivity contribution in [1.29, 1.82) is 0 Å². The molecule has 0 aliphatic rings. The minimum absolute atomic E-state index is 0.466. The first-order valence-electron chi connectivity index (χ1n) is 5.69. The fourth-order valence-corrected chi connectivity index (χ4v) is 1.94. The maximum atomic E-state index is 5.95. The number of hydrogen-bond acceptors (Lipinski definition) is 4. The molecule has 0 bridgehead atoms. The molecule has 0 spiro atoms. The van der Waals surface area contributed by atoms with Crippen molar-refractivity contribution in [3.8, 4) is 0 Å². The van der Waals surface area contributed by atoms with Crippen molar-refractivity contribution in [2.75, 3.05) is 11.9 Å². The monoisotopic (exact) mass is 262 g/mol. The molecular formula is C13H15ClN4. The van der Waals surface area contributed by atoms with E-state index in [9.17, 15) is 0 Å². The molecular weight excluding hydrogens is 248 g/mol. The molecule has 2 heterocycles. The average molecular weight is 263 g/mol.